The van der Waals surface area contributed by atoms with Gasteiger partial charge in [-0.15, -0.1) is 0 Å². The van der Waals surface area contributed by atoms with Gasteiger partial charge in [0.15, 0.2) is 0 Å². The first-order chi connectivity index (χ1) is 8.97. The second kappa shape index (κ2) is 5.32. The Bertz CT molecular complexity index is 610. The molecule has 0 aliphatic carbocycles. The molecule has 100 valence electrons. The second-order valence-corrected chi connectivity index (χ2v) is 4.67. The Hall–Kier alpha value is -2.01. The molecule has 0 radical (unpaired) electrons. The third kappa shape index (κ3) is 3.06. The van der Waals surface area contributed by atoms with Crippen molar-refractivity contribution in [3.05, 3.63) is 57.0 Å². The molecule has 19 heavy (non-hydrogen) atoms. The Labute approximate surface area is 115 Å². The lowest BCUT2D eigenvalue weighted by atomic mass is 10.2. The molecule has 0 spiro atoms. The van der Waals surface area contributed by atoms with E-state index in [2.05, 4.69) is 5.32 Å². The molecule has 0 aliphatic heterocycles. The van der Waals surface area contributed by atoms with E-state index in [1.807, 2.05) is 26.0 Å². The third-order valence-corrected chi connectivity index (χ3v) is 2.95. The fourth-order valence-electron chi connectivity index (χ4n) is 1.77. The maximum absolute atomic E-state index is 11.0. The molecule has 2 rings (SSSR count). The van der Waals surface area contributed by atoms with Gasteiger partial charge in [0.1, 0.15) is 17.2 Å². The van der Waals surface area contributed by atoms with Crippen LogP contribution in [-0.4, -0.2) is 4.92 Å². The van der Waals surface area contributed by atoms with Crippen molar-refractivity contribution in [2.24, 2.45) is 0 Å². The van der Waals surface area contributed by atoms with Gasteiger partial charge in [-0.25, -0.2) is 0 Å². The maximum atomic E-state index is 11.0. The van der Waals surface area contributed by atoms with E-state index < -0.39 is 4.92 Å². The monoisotopic (exact) mass is 280 g/mol. The number of nitrogens with one attached hydrogen (secondary N) is 1. The zero-order valence-corrected chi connectivity index (χ0v) is 11.3. The summed E-state index contributed by atoms with van der Waals surface area (Å²) in [6.45, 7) is 3.71. The molecular formula is C13H13ClN2O3. The summed E-state index contributed by atoms with van der Waals surface area (Å²) in [5.74, 6) is 1.51. The van der Waals surface area contributed by atoms with Crippen molar-refractivity contribution in [2.75, 3.05) is 5.32 Å². The maximum Gasteiger partial charge on any atom is 0.292 e. The highest BCUT2D eigenvalue weighted by Crippen LogP contribution is 2.31. The topological polar surface area (TPSA) is 68.3 Å². The predicted octanol–water partition coefficient (Wildman–Crippen LogP) is 4.32. The molecule has 0 aliphatic rings. The molecule has 1 atom stereocenters. The van der Waals surface area contributed by atoms with Crippen molar-refractivity contribution in [3.63, 3.8) is 0 Å². The molecule has 1 unspecified atom stereocenters. The molecule has 2 aromatic rings. The molecule has 1 N–H and O–H groups in total. The molecule has 0 fully saturated rings. The van der Waals surface area contributed by atoms with E-state index in [9.17, 15) is 10.1 Å². The van der Waals surface area contributed by atoms with E-state index in [1.54, 1.807) is 0 Å². The van der Waals surface area contributed by atoms with Crippen molar-refractivity contribution in [1.82, 2.24) is 0 Å². The Balaban J connectivity index is 2.27. The molecule has 0 amide bonds. The Kier molecular flexibility index (Phi) is 3.76. The van der Waals surface area contributed by atoms with E-state index in [0.717, 1.165) is 5.76 Å². The van der Waals surface area contributed by atoms with Crippen molar-refractivity contribution in [1.29, 1.82) is 0 Å². The van der Waals surface area contributed by atoms with Gasteiger partial charge < -0.3 is 9.73 Å². The summed E-state index contributed by atoms with van der Waals surface area (Å²) in [4.78, 5) is 10.5. The fraction of sp³-hybridized carbons (Fsp3) is 0.231. The molecule has 5 nitrogen and oxygen atoms in total. The summed E-state index contributed by atoms with van der Waals surface area (Å²) in [6.07, 6.45) is 0. The van der Waals surface area contributed by atoms with Gasteiger partial charge in [-0.05, 0) is 38.1 Å². The zero-order chi connectivity index (χ0) is 14.0. The Morgan fingerprint density at radius 3 is 2.68 bits per heavy atom. The highest BCUT2D eigenvalue weighted by atomic mass is 35.5. The minimum atomic E-state index is -0.446. The van der Waals surface area contributed by atoms with Crippen LogP contribution in [0.3, 0.4) is 0 Å². The van der Waals surface area contributed by atoms with E-state index in [-0.39, 0.29) is 11.7 Å². The number of benzene rings is 1. The minimum absolute atomic E-state index is 0.0143. The number of anilines is 1. The number of rotatable bonds is 4. The third-order valence-electron chi connectivity index (χ3n) is 2.72. The standard InChI is InChI=1S/C13H13ClN2O3/c1-8-3-6-13(19-8)9(2)15-11-7-10(14)4-5-12(11)16(17)18/h3-7,9,15H,1-2H3. The SMILES string of the molecule is Cc1ccc(C(C)Nc2cc(Cl)ccc2[N+](=O)[O-])o1. The molecule has 1 aromatic heterocycles. The minimum Gasteiger partial charge on any atom is -0.464 e. The molecule has 0 bridgehead atoms. The van der Waals surface area contributed by atoms with Crippen LogP contribution in [-0.2, 0) is 0 Å². The van der Waals surface area contributed by atoms with Gasteiger partial charge in [-0.3, -0.25) is 10.1 Å². The first kappa shape index (κ1) is 13.4. The van der Waals surface area contributed by atoms with E-state index >= 15 is 0 Å². The van der Waals surface area contributed by atoms with Crippen LogP contribution in [0.25, 0.3) is 0 Å². The average molecular weight is 281 g/mol. The molecule has 0 saturated heterocycles. The normalized spacial score (nSPS) is 12.2. The number of nitro groups is 1. The van der Waals surface area contributed by atoms with Crippen molar-refractivity contribution < 1.29 is 9.34 Å². The quantitative estimate of drug-likeness (QED) is 0.669. The van der Waals surface area contributed by atoms with Gasteiger partial charge in [0, 0.05) is 11.1 Å². The molecule has 1 heterocycles. The summed E-state index contributed by atoms with van der Waals surface area (Å²) >= 11 is 5.87. The van der Waals surface area contributed by atoms with Gasteiger partial charge >= 0.3 is 0 Å². The lowest BCUT2D eigenvalue weighted by molar-refractivity contribution is -0.384. The molecule has 0 saturated carbocycles. The van der Waals surface area contributed by atoms with Crippen LogP contribution in [0.15, 0.2) is 34.7 Å². The zero-order valence-electron chi connectivity index (χ0n) is 10.5. The number of hydrogen-bond donors (Lipinski definition) is 1. The first-order valence-electron chi connectivity index (χ1n) is 5.74. The van der Waals surface area contributed by atoms with Crippen LogP contribution in [0, 0.1) is 17.0 Å². The van der Waals surface area contributed by atoms with Crippen LogP contribution in [0.4, 0.5) is 11.4 Å². The average Bonchev–Trinajstić information content (AvgIpc) is 2.75. The molecule has 1 aromatic carbocycles. The fourth-order valence-corrected chi connectivity index (χ4v) is 1.95. The van der Waals surface area contributed by atoms with Gasteiger partial charge in [0.25, 0.3) is 5.69 Å². The van der Waals surface area contributed by atoms with Crippen LogP contribution in [0.5, 0.6) is 0 Å². The number of nitro benzene ring substituents is 1. The van der Waals surface area contributed by atoms with Gasteiger partial charge in [0.2, 0.25) is 0 Å². The summed E-state index contributed by atoms with van der Waals surface area (Å²) in [5, 5.41) is 14.4. The Morgan fingerprint density at radius 1 is 1.37 bits per heavy atom. The van der Waals surface area contributed by atoms with Gasteiger partial charge in [0.05, 0.1) is 11.0 Å². The van der Waals surface area contributed by atoms with Crippen LogP contribution < -0.4 is 5.32 Å². The van der Waals surface area contributed by atoms with Crippen molar-refractivity contribution in [3.8, 4) is 0 Å². The van der Waals surface area contributed by atoms with Crippen molar-refractivity contribution in [2.45, 2.75) is 19.9 Å². The first-order valence-corrected chi connectivity index (χ1v) is 6.12. The van der Waals surface area contributed by atoms with E-state index in [4.69, 9.17) is 16.0 Å². The predicted molar refractivity (Wildman–Crippen MR) is 73.6 cm³/mol. The van der Waals surface area contributed by atoms with Crippen LogP contribution in [0.2, 0.25) is 5.02 Å². The van der Waals surface area contributed by atoms with E-state index in [1.165, 1.54) is 18.2 Å². The highest BCUT2D eigenvalue weighted by Gasteiger charge is 2.17. The van der Waals surface area contributed by atoms with Gasteiger partial charge in [-0.2, -0.15) is 0 Å². The van der Waals surface area contributed by atoms with Crippen LogP contribution >= 0.6 is 11.6 Å². The summed E-state index contributed by atoms with van der Waals surface area (Å²) < 4.78 is 5.48. The van der Waals surface area contributed by atoms with E-state index in [0.29, 0.717) is 16.5 Å². The number of halogens is 1. The highest BCUT2D eigenvalue weighted by molar-refractivity contribution is 6.31. The molecule has 6 heteroatoms. The lowest BCUT2D eigenvalue weighted by Gasteiger charge is -2.13. The molecular weight excluding hydrogens is 268 g/mol. The number of furan rings is 1. The summed E-state index contributed by atoms with van der Waals surface area (Å²) in [7, 11) is 0. The lowest BCUT2D eigenvalue weighted by Crippen LogP contribution is -2.07. The number of nitrogens with zero attached hydrogens (tertiary/aromatic N) is 1. The van der Waals surface area contributed by atoms with Crippen molar-refractivity contribution >= 4 is 23.0 Å². The number of hydrogen-bond acceptors (Lipinski definition) is 4. The Morgan fingerprint density at radius 2 is 2.11 bits per heavy atom. The number of aryl methyl sites for hydroxylation is 1. The van der Waals surface area contributed by atoms with Crippen LogP contribution in [0.1, 0.15) is 24.5 Å². The smallest absolute Gasteiger partial charge is 0.292 e. The second-order valence-electron chi connectivity index (χ2n) is 4.23. The summed E-state index contributed by atoms with van der Waals surface area (Å²) in [5.41, 5.74) is 0.360. The van der Waals surface area contributed by atoms with Gasteiger partial charge in [-0.1, -0.05) is 11.6 Å². The summed E-state index contributed by atoms with van der Waals surface area (Å²) in [6, 6.07) is 7.90. The largest absolute Gasteiger partial charge is 0.464 e.